The molecular weight excluding hydrogens is 271 g/mol. The number of hydrogen-bond acceptors (Lipinski definition) is 4. The van der Waals surface area contributed by atoms with Crippen molar-refractivity contribution >= 4 is 28.4 Å². The molecule has 0 aliphatic carbocycles. The van der Waals surface area contributed by atoms with Gasteiger partial charge in [-0.2, -0.15) is 0 Å². The van der Waals surface area contributed by atoms with Crippen molar-refractivity contribution in [2.75, 3.05) is 5.32 Å². The maximum Gasteiger partial charge on any atom is 1.00 e. The number of anilines is 1. The van der Waals surface area contributed by atoms with Gasteiger partial charge in [-0.15, -0.1) is 5.52 Å². The molecular formula is C12H11KN4O2. The molecule has 19 heavy (non-hydrogen) atoms. The van der Waals surface area contributed by atoms with E-state index in [9.17, 15) is 9.59 Å². The van der Waals surface area contributed by atoms with E-state index in [0.29, 0.717) is 12.8 Å². The molecule has 2 amide bonds. The van der Waals surface area contributed by atoms with Gasteiger partial charge in [-0.05, 0) is 23.9 Å². The number of nitrogens with one attached hydrogen (secondary N) is 2. The third kappa shape index (κ3) is 3.24. The van der Waals surface area contributed by atoms with E-state index in [0.717, 1.165) is 16.6 Å². The molecule has 0 radical (unpaired) electrons. The molecule has 2 heterocycles. The van der Waals surface area contributed by atoms with Crippen LogP contribution in [0.5, 0.6) is 0 Å². The third-order valence-electron chi connectivity index (χ3n) is 2.97. The molecule has 7 heteroatoms. The second-order valence-corrected chi connectivity index (χ2v) is 4.27. The van der Waals surface area contributed by atoms with E-state index in [1.807, 2.05) is 18.2 Å². The van der Waals surface area contributed by atoms with Crippen LogP contribution in [0, 0.1) is 0 Å². The molecule has 0 saturated carbocycles. The van der Waals surface area contributed by atoms with Gasteiger partial charge in [0.05, 0.1) is 0 Å². The Kier molecular flexibility index (Phi) is 4.74. The molecule has 1 atom stereocenters. The van der Waals surface area contributed by atoms with E-state index in [4.69, 9.17) is 0 Å². The van der Waals surface area contributed by atoms with Gasteiger partial charge < -0.3 is 15.5 Å². The molecule has 2 N–H and O–H groups in total. The van der Waals surface area contributed by atoms with Crippen LogP contribution in [0.3, 0.4) is 0 Å². The topological polar surface area (TPSA) is 85.2 Å². The minimum Gasteiger partial charge on any atom is -0.575 e. The van der Waals surface area contributed by atoms with E-state index in [1.54, 1.807) is 6.20 Å². The molecule has 0 bridgehead atoms. The number of piperidine rings is 1. The summed E-state index contributed by atoms with van der Waals surface area (Å²) < 4.78 is 0. The van der Waals surface area contributed by atoms with Gasteiger partial charge in [0.2, 0.25) is 11.8 Å². The van der Waals surface area contributed by atoms with Gasteiger partial charge >= 0.3 is 51.4 Å². The Bertz CT molecular complexity index is 625. The fourth-order valence-electron chi connectivity index (χ4n) is 2.02. The standard InChI is InChI=1S/C12H12N4O2.K/c17-11-4-3-10(12(18)15-11)14-8-1-2-9-7(5-8)6-13-16-9;/h1-2,5-6,10,14H,3-4H2,(H2,13,15,16,17,18);/q;+1/p-1. The van der Waals surface area contributed by atoms with Gasteiger partial charge in [0.15, 0.2) is 0 Å². The molecule has 1 fully saturated rings. The zero-order valence-corrected chi connectivity index (χ0v) is 13.6. The van der Waals surface area contributed by atoms with Crippen LogP contribution in [0.1, 0.15) is 12.8 Å². The first kappa shape index (κ1) is 14.7. The minimum absolute atomic E-state index is 0. The predicted octanol–water partition coefficient (Wildman–Crippen LogP) is -2.59. The summed E-state index contributed by atoms with van der Waals surface area (Å²) in [6, 6.07) is 5.21. The average molecular weight is 282 g/mol. The monoisotopic (exact) mass is 282 g/mol. The normalized spacial score (nSPS) is 18.8. The Balaban J connectivity index is 0.00000133. The maximum atomic E-state index is 11.6. The maximum absolute atomic E-state index is 11.6. The fraction of sp³-hybridized carbons (Fsp3) is 0.250. The van der Waals surface area contributed by atoms with Crippen LogP contribution in [0.15, 0.2) is 24.4 Å². The molecule has 1 saturated heterocycles. The number of carbonyl (C=O) groups excluding carboxylic acids is 2. The first-order chi connectivity index (χ1) is 8.72. The van der Waals surface area contributed by atoms with Crippen LogP contribution in [0.4, 0.5) is 5.69 Å². The van der Waals surface area contributed by atoms with E-state index in [1.165, 1.54) is 0 Å². The number of aromatic nitrogens is 2. The zero-order chi connectivity index (χ0) is 12.5. The Morgan fingerprint density at radius 3 is 3.00 bits per heavy atom. The summed E-state index contributed by atoms with van der Waals surface area (Å²) >= 11 is 0. The van der Waals surface area contributed by atoms with Gasteiger partial charge in [0.25, 0.3) is 0 Å². The molecule has 92 valence electrons. The SMILES string of the molecule is O=C1CCC(Nc2ccc3[n-]ncc3c2)C(=O)N1.[K+]. The fourth-order valence-corrected chi connectivity index (χ4v) is 2.02. The smallest absolute Gasteiger partial charge is 0.575 e. The van der Waals surface area contributed by atoms with Crippen molar-refractivity contribution in [1.29, 1.82) is 0 Å². The van der Waals surface area contributed by atoms with Gasteiger partial charge in [-0.1, -0.05) is 6.07 Å². The summed E-state index contributed by atoms with van der Waals surface area (Å²) in [5.41, 5.74) is 1.65. The Morgan fingerprint density at radius 2 is 2.21 bits per heavy atom. The number of nitrogens with zero attached hydrogens (tertiary/aromatic N) is 2. The first-order valence-electron chi connectivity index (χ1n) is 5.71. The van der Waals surface area contributed by atoms with Crippen LogP contribution < -0.4 is 67.1 Å². The molecule has 1 aliphatic heterocycles. The average Bonchev–Trinajstić information content (AvgIpc) is 2.80. The van der Waals surface area contributed by atoms with Gasteiger partial charge in [-0.3, -0.25) is 14.9 Å². The minimum atomic E-state index is -0.365. The molecule has 1 aliphatic rings. The molecule has 3 rings (SSSR count). The van der Waals surface area contributed by atoms with Crippen LogP contribution in [0.2, 0.25) is 0 Å². The second-order valence-electron chi connectivity index (χ2n) is 4.27. The number of benzene rings is 1. The van der Waals surface area contributed by atoms with Crippen molar-refractivity contribution in [1.82, 2.24) is 15.5 Å². The van der Waals surface area contributed by atoms with Crippen molar-refractivity contribution in [3.63, 3.8) is 0 Å². The summed E-state index contributed by atoms with van der Waals surface area (Å²) in [7, 11) is 0. The van der Waals surface area contributed by atoms with Crippen molar-refractivity contribution in [3.05, 3.63) is 24.4 Å². The van der Waals surface area contributed by atoms with Crippen molar-refractivity contribution in [2.45, 2.75) is 18.9 Å². The number of amides is 2. The van der Waals surface area contributed by atoms with Gasteiger partial charge in [0, 0.05) is 18.3 Å². The number of fused-ring (bicyclic) bond motifs is 1. The summed E-state index contributed by atoms with van der Waals surface area (Å²) in [4.78, 5) is 22.6. The van der Waals surface area contributed by atoms with E-state index in [2.05, 4.69) is 20.8 Å². The molecule has 1 unspecified atom stereocenters. The van der Waals surface area contributed by atoms with Crippen LogP contribution >= 0.6 is 0 Å². The third-order valence-corrected chi connectivity index (χ3v) is 2.97. The summed E-state index contributed by atoms with van der Waals surface area (Å²) in [6.45, 7) is 0. The number of rotatable bonds is 2. The van der Waals surface area contributed by atoms with Gasteiger partial charge in [-0.25, -0.2) is 0 Å². The van der Waals surface area contributed by atoms with Crippen molar-refractivity contribution in [3.8, 4) is 0 Å². The number of hydrogen-bond donors (Lipinski definition) is 2. The van der Waals surface area contributed by atoms with E-state index >= 15 is 0 Å². The summed E-state index contributed by atoms with van der Waals surface area (Å²) in [5.74, 6) is -0.483. The zero-order valence-electron chi connectivity index (χ0n) is 10.5. The van der Waals surface area contributed by atoms with Crippen LogP contribution in [0.25, 0.3) is 10.9 Å². The summed E-state index contributed by atoms with van der Waals surface area (Å²) in [6.07, 6.45) is 2.55. The van der Waals surface area contributed by atoms with Crippen molar-refractivity contribution < 1.29 is 61.0 Å². The second kappa shape index (κ2) is 6.15. The van der Waals surface area contributed by atoms with E-state index < -0.39 is 0 Å². The first-order valence-corrected chi connectivity index (χ1v) is 5.71. The molecule has 1 aromatic heterocycles. The molecule has 6 nitrogen and oxygen atoms in total. The van der Waals surface area contributed by atoms with E-state index in [-0.39, 0.29) is 69.2 Å². The van der Waals surface area contributed by atoms with Crippen LogP contribution in [-0.2, 0) is 9.59 Å². The number of carbonyl (C=O) groups is 2. The summed E-state index contributed by atoms with van der Waals surface area (Å²) in [5, 5.41) is 14.1. The Labute approximate surface area is 152 Å². The molecule has 0 spiro atoms. The predicted molar refractivity (Wildman–Crippen MR) is 64.9 cm³/mol. The number of imide groups is 1. The van der Waals surface area contributed by atoms with Crippen molar-refractivity contribution in [2.24, 2.45) is 0 Å². The quantitative estimate of drug-likeness (QED) is 0.466. The largest absolute Gasteiger partial charge is 1.00 e. The van der Waals surface area contributed by atoms with Gasteiger partial charge in [0.1, 0.15) is 6.04 Å². The Morgan fingerprint density at radius 1 is 1.37 bits per heavy atom. The molecule has 1 aromatic carbocycles. The van der Waals surface area contributed by atoms with Crippen LogP contribution in [-0.4, -0.2) is 23.0 Å². The molecule has 2 aromatic rings. The Hall–Kier alpha value is -0.734.